The van der Waals surface area contributed by atoms with Crippen molar-refractivity contribution in [2.24, 2.45) is 12.5 Å². The van der Waals surface area contributed by atoms with Crippen LogP contribution in [0.2, 0.25) is 0 Å². The van der Waals surface area contributed by atoms with Crippen LogP contribution in [0.1, 0.15) is 48.8 Å². The zero-order valence-electron chi connectivity index (χ0n) is 15.4. The number of aromatic nitrogens is 2. The summed E-state index contributed by atoms with van der Waals surface area (Å²) in [6, 6.07) is 1.51. The maximum Gasteiger partial charge on any atom is 0.320 e. The number of rotatable bonds is 4. The van der Waals surface area contributed by atoms with E-state index in [1.54, 1.807) is 4.68 Å². The molecule has 2 fully saturated rings. The normalized spacial score (nSPS) is 23.3. The Hall–Kier alpha value is -1.89. The van der Waals surface area contributed by atoms with Gasteiger partial charge in [0.2, 0.25) is 0 Å². The van der Waals surface area contributed by atoms with Crippen LogP contribution >= 0.6 is 0 Å². The zero-order chi connectivity index (χ0) is 18.2. The van der Waals surface area contributed by atoms with Crippen molar-refractivity contribution in [2.75, 3.05) is 26.7 Å². The second kappa shape index (κ2) is 6.78. The van der Waals surface area contributed by atoms with Gasteiger partial charge in [0.05, 0.1) is 5.69 Å². The average Bonchev–Trinajstić information content (AvgIpc) is 3.08. The van der Waals surface area contributed by atoms with Crippen LogP contribution in [0.5, 0.6) is 0 Å². The smallest absolute Gasteiger partial charge is 0.320 e. The number of hydrogen-bond acceptors (Lipinski definition) is 4. The molecular weight excluding hydrogens is 320 g/mol. The molecule has 138 valence electrons. The summed E-state index contributed by atoms with van der Waals surface area (Å²) in [6.45, 7) is 4.28. The van der Waals surface area contributed by atoms with Crippen molar-refractivity contribution in [1.82, 2.24) is 19.6 Å². The van der Waals surface area contributed by atoms with E-state index in [0.29, 0.717) is 25.2 Å². The first-order valence-electron chi connectivity index (χ1n) is 9.10. The van der Waals surface area contributed by atoms with Crippen molar-refractivity contribution < 1.29 is 14.7 Å². The molecule has 25 heavy (non-hydrogen) atoms. The molecule has 0 aliphatic carbocycles. The fourth-order valence-corrected chi connectivity index (χ4v) is 4.36. The Kier molecular flexibility index (Phi) is 4.86. The molecule has 2 aliphatic heterocycles. The summed E-state index contributed by atoms with van der Waals surface area (Å²) in [5, 5.41) is 13.8. The van der Waals surface area contributed by atoms with Crippen LogP contribution in [-0.4, -0.2) is 69.3 Å². The maximum atomic E-state index is 12.8. The fourth-order valence-electron chi connectivity index (χ4n) is 4.36. The molecule has 0 aromatic carbocycles. The molecule has 1 N–H and O–H groups in total. The number of likely N-dealkylation sites (N-methyl/N-ethyl adjacent to an activating group) is 1. The Morgan fingerprint density at radius 3 is 2.56 bits per heavy atom. The molecule has 1 atom stereocenters. The number of carbonyl (C=O) groups is 2. The monoisotopic (exact) mass is 348 g/mol. The van der Waals surface area contributed by atoms with Gasteiger partial charge in [-0.2, -0.15) is 5.10 Å². The van der Waals surface area contributed by atoms with E-state index in [0.717, 1.165) is 37.9 Å². The Morgan fingerprint density at radius 1 is 1.32 bits per heavy atom. The van der Waals surface area contributed by atoms with Crippen LogP contribution in [0.25, 0.3) is 0 Å². The van der Waals surface area contributed by atoms with Crippen molar-refractivity contribution in [3.8, 4) is 0 Å². The van der Waals surface area contributed by atoms with E-state index in [4.69, 9.17) is 0 Å². The first kappa shape index (κ1) is 17.9. The van der Waals surface area contributed by atoms with Crippen LogP contribution in [0.4, 0.5) is 0 Å². The first-order chi connectivity index (χ1) is 11.8. The zero-order valence-corrected chi connectivity index (χ0v) is 15.4. The molecule has 7 heteroatoms. The molecule has 0 radical (unpaired) electrons. The van der Waals surface area contributed by atoms with E-state index >= 15 is 0 Å². The number of piperidine rings is 1. The topological polar surface area (TPSA) is 78.7 Å². The highest BCUT2D eigenvalue weighted by Crippen LogP contribution is 2.43. The average molecular weight is 348 g/mol. The van der Waals surface area contributed by atoms with Gasteiger partial charge >= 0.3 is 5.97 Å². The lowest BCUT2D eigenvalue weighted by atomic mass is 9.76. The van der Waals surface area contributed by atoms with Crippen LogP contribution in [0, 0.1) is 5.41 Å². The molecule has 3 heterocycles. The van der Waals surface area contributed by atoms with Gasteiger partial charge in [-0.3, -0.25) is 19.2 Å². The molecule has 7 nitrogen and oxygen atoms in total. The van der Waals surface area contributed by atoms with Gasteiger partial charge in [0.25, 0.3) is 5.91 Å². The Bertz CT molecular complexity index is 661. The molecule has 3 rings (SSSR count). The Morgan fingerprint density at radius 2 is 2.00 bits per heavy atom. The predicted molar refractivity (Wildman–Crippen MR) is 93.4 cm³/mol. The van der Waals surface area contributed by atoms with Crippen molar-refractivity contribution in [3.05, 3.63) is 17.5 Å². The molecule has 0 bridgehead atoms. The van der Waals surface area contributed by atoms with E-state index in [9.17, 15) is 14.7 Å². The Labute approximate surface area is 148 Å². The number of carboxylic acids is 1. The maximum absolute atomic E-state index is 12.8. The predicted octanol–water partition coefficient (Wildman–Crippen LogP) is 1.38. The molecule has 1 aromatic heterocycles. The summed E-state index contributed by atoms with van der Waals surface area (Å²) in [5.41, 5.74) is 1.64. The van der Waals surface area contributed by atoms with Gasteiger partial charge in [0, 0.05) is 26.7 Å². The highest BCUT2D eigenvalue weighted by molar-refractivity contribution is 5.92. The quantitative estimate of drug-likeness (QED) is 0.889. The van der Waals surface area contributed by atoms with E-state index in [-0.39, 0.29) is 11.3 Å². The van der Waals surface area contributed by atoms with Crippen LogP contribution in [0.15, 0.2) is 6.07 Å². The van der Waals surface area contributed by atoms with Gasteiger partial charge in [-0.05, 0) is 44.2 Å². The molecule has 0 unspecified atom stereocenters. The third-order valence-electron chi connectivity index (χ3n) is 5.80. The fraction of sp³-hybridized carbons (Fsp3) is 0.722. The number of aryl methyl sites for hydroxylation is 2. The second-order valence-electron chi connectivity index (χ2n) is 7.66. The van der Waals surface area contributed by atoms with E-state index in [1.807, 2.05) is 30.0 Å². The number of carboxylic acid groups (broad SMARTS) is 1. The van der Waals surface area contributed by atoms with Gasteiger partial charge in [-0.25, -0.2) is 0 Å². The number of carbonyl (C=O) groups excluding carboxylic acids is 1. The summed E-state index contributed by atoms with van der Waals surface area (Å²) in [4.78, 5) is 28.0. The number of nitrogens with zero attached hydrogens (tertiary/aromatic N) is 4. The van der Waals surface area contributed by atoms with Crippen molar-refractivity contribution in [3.63, 3.8) is 0 Å². The number of likely N-dealkylation sites (tertiary alicyclic amines) is 2. The minimum absolute atomic E-state index is 0.0355. The second-order valence-corrected chi connectivity index (χ2v) is 7.66. The van der Waals surface area contributed by atoms with E-state index in [2.05, 4.69) is 12.0 Å². The van der Waals surface area contributed by atoms with Gasteiger partial charge in [-0.1, -0.05) is 13.3 Å². The van der Waals surface area contributed by atoms with Crippen molar-refractivity contribution in [1.29, 1.82) is 0 Å². The lowest BCUT2D eigenvalue weighted by molar-refractivity contribution is -0.141. The van der Waals surface area contributed by atoms with E-state index < -0.39 is 12.0 Å². The molecule has 0 saturated carbocycles. The van der Waals surface area contributed by atoms with Crippen molar-refractivity contribution >= 4 is 11.9 Å². The summed E-state index contributed by atoms with van der Waals surface area (Å²) in [6.07, 6.45) is 4.31. The molecule has 2 saturated heterocycles. The third kappa shape index (κ3) is 3.42. The molecule has 1 spiro atoms. The largest absolute Gasteiger partial charge is 0.480 e. The molecule has 1 amide bonds. The molecular formula is C18H28N4O3. The van der Waals surface area contributed by atoms with Crippen LogP contribution in [0.3, 0.4) is 0 Å². The SMILES string of the molecule is CCCc1cc(C(=O)N2CCC3(CC2)C[C@@H](C(=O)O)N(C)C3)n(C)n1. The minimum Gasteiger partial charge on any atom is -0.480 e. The number of aliphatic carboxylic acids is 1. The van der Waals surface area contributed by atoms with Crippen LogP contribution < -0.4 is 0 Å². The standard InChI is InChI=1S/C18H28N4O3/c1-4-5-13-10-14(21(3)19-13)16(23)22-8-6-18(7-9-22)11-15(17(24)25)20(2)12-18/h10,15H,4-9,11-12H2,1-3H3,(H,24,25)/t15-/m0/s1. The minimum atomic E-state index is -0.740. The third-order valence-corrected chi connectivity index (χ3v) is 5.80. The van der Waals surface area contributed by atoms with E-state index in [1.165, 1.54) is 0 Å². The molecule has 1 aromatic rings. The van der Waals surface area contributed by atoms with Crippen molar-refractivity contribution in [2.45, 2.75) is 45.1 Å². The number of amides is 1. The lowest BCUT2D eigenvalue weighted by Gasteiger charge is -2.39. The number of hydrogen-bond donors (Lipinski definition) is 1. The summed E-state index contributed by atoms with van der Waals surface area (Å²) in [7, 11) is 3.71. The highest BCUT2D eigenvalue weighted by Gasteiger charge is 2.47. The van der Waals surface area contributed by atoms with Gasteiger partial charge < -0.3 is 10.0 Å². The van der Waals surface area contributed by atoms with Gasteiger partial charge in [0.15, 0.2) is 0 Å². The highest BCUT2D eigenvalue weighted by atomic mass is 16.4. The molecule has 2 aliphatic rings. The lowest BCUT2D eigenvalue weighted by Crippen LogP contribution is -2.44. The summed E-state index contributed by atoms with van der Waals surface area (Å²) < 4.78 is 1.68. The van der Waals surface area contributed by atoms with Crippen LogP contribution in [-0.2, 0) is 18.3 Å². The Balaban J connectivity index is 1.64. The summed E-state index contributed by atoms with van der Waals surface area (Å²) >= 11 is 0. The summed E-state index contributed by atoms with van der Waals surface area (Å²) in [5.74, 6) is -0.704. The first-order valence-corrected chi connectivity index (χ1v) is 9.10. The van der Waals surface area contributed by atoms with Gasteiger partial charge in [-0.15, -0.1) is 0 Å². The van der Waals surface area contributed by atoms with Gasteiger partial charge in [0.1, 0.15) is 11.7 Å².